The van der Waals surface area contributed by atoms with Gasteiger partial charge < -0.3 is 47.1 Å². The summed E-state index contributed by atoms with van der Waals surface area (Å²) in [7, 11) is 0. The Kier molecular flexibility index (Phi) is 16.2. The molecular formula is C41H56N8O8. The summed E-state index contributed by atoms with van der Waals surface area (Å²) in [5, 5.41) is 30.7. The van der Waals surface area contributed by atoms with Gasteiger partial charge in [0, 0.05) is 44.2 Å². The van der Waals surface area contributed by atoms with Crippen LogP contribution in [0.5, 0.6) is 5.75 Å². The fourth-order valence-electron chi connectivity index (χ4n) is 6.77. The standard InChI is InChI=1S/C41H56N8O8/c1-24(2)17-28(21-44-37(52)31(46-39(54)35(42)25(3)4)18-27-12-14-30(50)15-13-27)36(51)47-32(20-29-22-43-23-45-29)40(55)49-16-8-11-34(49)38(53)48-33(41(56)57)19-26-9-6-5-7-10-26/h5-7,9-10,12-15,22-25,28,31-35,50H,8,11,16-21,42H2,1-4H3,(H,43,45)(H,44,52)(H,46,54)(H,47,51)(H,48,53)(H,56,57). The number of aromatic nitrogens is 2. The third kappa shape index (κ3) is 13.2. The largest absolute Gasteiger partial charge is 0.508 e. The minimum Gasteiger partial charge on any atom is -0.508 e. The van der Waals surface area contributed by atoms with Crippen molar-refractivity contribution in [2.75, 3.05) is 13.1 Å². The molecule has 0 bridgehead atoms. The second kappa shape index (κ2) is 20.9. The van der Waals surface area contributed by atoms with E-state index in [0.29, 0.717) is 30.5 Å². The molecule has 6 unspecified atom stereocenters. The molecular weight excluding hydrogens is 732 g/mol. The Labute approximate surface area is 332 Å². The van der Waals surface area contributed by atoms with Gasteiger partial charge in [-0.05, 0) is 54.4 Å². The molecule has 0 aliphatic carbocycles. The summed E-state index contributed by atoms with van der Waals surface area (Å²) in [5.74, 6) is -4.80. The maximum atomic E-state index is 14.3. The number of aromatic hydroxyl groups is 1. The lowest BCUT2D eigenvalue weighted by Gasteiger charge is -2.30. The minimum absolute atomic E-state index is 0.0145. The highest BCUT2D eigenvalue weighted by Gasteiger charge is 2.40. The average molecular weight is 789 g/mol. The Morgan fingerprint density at radius 3 is 2.11 bits per heavy atom. The number of amides is 5. The summed E-state index contributed by atoms with van der Waals surface area (Å²) in [5.41, 5.74) is 8.04. The van der Waals surface area contributed by atoms with Crippen LogP contribution in [-0.2, 0) is 48.0 Å². The number of carbonyl (C=O) groups excluding carboxylic acids is 5. The van der Waals surface area contributed by atoms with Gasteiger partial charge in [0.25, 0.3) is 0 Å². The van der Waals surface area contributed by atoms with Crippen LogP contribution in [0, 0.1) is 17.8 Å². The lowest BCUT2D eigenvalue weighted by molar-refractivity contribution is -0.145. The second-order valence-corrected chi connectivity index (χ2v) is 15.4. The van der Waals surface area contributed by atoms with E-state index in [0.717, 1.165) is 5.56 Å². The quantitative estimate of drug-likeness (QED) is 0.0818. The first-order valence-corrected chi connectivity index (χ1v) is 19.4. The molecule has 1 saturated heterocycles. The van der Waals surface area contributed by atoms with Gasteiger partial charge in [0.05, 0.1) is 18.3 Å². The first-order chi connectivity index (χ1) is 27.1. The van der Waals surface area contributed by atoms with E-state index in [1.807, 2.05) is 19.9 Å². The van der Waals surface area contributed by atoms with Crippen LogP contribution in [0.2, 0.25) is 0 Å². The monoisotopic (exact) mass is 788 g/mol. The summed E-state index contributed by atoms with van der Waals surface area (Å²) in [6, 6.07) is 9.93. The molecule has 0 saturated carbocycles. The molecule has 308 valence electrons. The maximum absolute atomic E-state index is 14.3. The van der Waals surface area contributed by atoms with Crippen LogP contribution in [-0.4, -0.2) is 104 Å². The van der Waals surface area contributed by atoms with Crippen molar-refractivity contribution in [2.24, 2.45) is 23.5 Å². The van der Waals surface area contributed by atoms with Crippen molar-refractivity contribution in [1.29, 1.82) is 0 Å². The van der Waals surface area contributed by atoms with Gasteiger partial charge in [0.1, 0.15) is 29.9 Å². The Bertz CT molecular complexity index is 1800. The number of phenolic OH excluding ortho intramolecular Hbond substituents is 1. The van der Waals surface area contributed by atoms with Gasteiger partial charge in [0.15, 0.2) is 0 Å². The number of carbonyl (C=O) groups is 6. The van der Waals surface area contributed by atoms with Crippen LogP contribution in [0.1, 0.15) is 63.8 Å². The summed E-state index contributed by atoms with van der Waals surface area (Å²) in [6.07, 6.45) is 4.31. The SMILES string of the molecule is CC(C)CC(CNC(=O)C(Cc1ccc(O)cc1)NC(=O)C(N)C(C)C)C(=O)NC(Cc1cnc[nH]1)C(=O)N1CCCC1C(=O)NC(Cc1ccccc1)C(=O)O. The molecule has 1 fully saturated rings. The Balaban J connectivity index is 1.50. The smallest absolute Gasteiger partial charge is 0.326 e. The number of aliphatic carboxylic acids is 1. The zero-order chi connectivity index (χ0) is 41.6. The van der Waals surface area contributed by atoms with Gasteiger partial charge in [-0.2, -0.15) is 0 Å². The minimum atomic E-state index is -1.22. The molecule has 4 rings (SSSR count). The molecule has 1 aliphatic heterocycles. The van der Waals surface area contributed by atoms with E-state index in [1.54, 1.807) is 50.2 Å². The molecule has 2 aromatic carbocycles. The van der Waals surface area contributed by atoms with E-state index < -0.39 is 71.6 Å². The van der Waals surface area contributed by atoms with Crippen LogP contribution < -0.4 is 27.0 Å². The third-order valence-electron chi connectivity index (χ3n) is 10.0. The van der Waals surface area contributed by atoms with Gasteiger partial charge in [-0.15, -0.1) is 0 Å². The fraction of sp³-hybridized carbons (Fsp3) is 0.488. The third-order valence-corrected chi connectivity index (χ3v) is 10.0. The van der Waals surface area contributed by atoms with Crippen molar-refractivity contribution in [3.63, 3.8) is 0 Å². The average Bonchev–Trinajstić information content (AvgIpc) is 3.89. The number of hydrogen-bond acceptors (Lipinski definition) is 9. The normalized spacial score (nSPS) is 16.6. The van der Waals surface area contributed by atoms with Gasteiger partial charge >= 0.3 is 5.97 Å². The van der Waals surface area contributed by atoms with Gasteiger partial charge in [0.2, 0.25) is 29.5 Å². The maximum Gasteiger partial charge on any atom is 0.326 e. The molecule has 16 heteroatoms. The van der Waals surface area contributed by atoms with Gasteiger partial charge in [-0.1, -0.05) is 70.2 Å². The van der Waals surface area contributed by atoms with Crippen molar-refractivity contribution in [2.45, 2.75) is 96.4 Å². The predicted molar refractivity (Wildman–Crippen MR) is 211 cm³/mol. The first kappa shape index (κ1) is 44.0. The van der Waals surface area contributed by atoms with E-state index in [1.165, 1.54) is 29.6 Å². The number of carboxylic acid groups (broad SMARTS) is 1. The second-order valence-electron chi connectivity index (χ2n) is 15.4. The number of hydrogen-bond donors (Lipinski definition) is 8. The van der Waals surface area contributed by atoms with Crippen molar-refractivity contribution in [3.8, 4) is 5.75 Å². The van der Waals surface area contributed by atoms with E-state index in [4.69, 9.17) is 5.73 Å². The summed E-state index contributed by atoms with van der Waals surface area (Å²) in [6.45, 7) is 7.54. The molecule has 2 heterocycles. The number of rotatable bonds is 20. The van der Waals surface area contributed by atoms with Crippen LogP contribution in [0.25, 0.3) is 0 Å². The number of nitrogens with one attached hydrogen (secondary N) is 5. The van der Waals surface area contributed by atoms with Crippen molar-refractivity contribution in [3.05, 3.63) is 83.9 Å². The number of nitrogens with zero attached hydrogens (tertiary/aromatic N) is 2. The number of imidazole rings is 1. The topological polar surface area (TPSA) is 249 Å². The number of benzene rings is 2. The molecule has 5 amide bonds. The van der Waals surface area contributed by atoms with Crippen molar-refractivity contribution < 1.29 is 39.0 Å². The highest BCUT2D eigenvalue weighted by molar-refractivity contribution is 5.95. The van der Waals surface area contributed by atoms with Crippen LogP contribution in [0.4, 0.5) is 0 Å². The molecule has 16 nitrogen and oxygen atoms in total. The first-order valence-electron chi connectivity index (χ1n) is 19.4. The predicted octanol–water partition coefficient (Wildman–Crippen LogP) is 1.44. The zero-order valence-corrected chi connectivity index (χ0v) is 32.9. The fourth-order valence-corrected chi connectivity index (χ4v) is 6.77. The molecule has 57 heavy (non-hydrogen) atoms. The van der Waals surface area contributed by atoms with Crippen LogP contribution >= 0.6 is 0 Å². The highest BCUT2D eigenvalue weighted by Crippen LogP contribution is 2.21. The van der Waals surface area contributed by atoms with E-state index >= 15 is 0 Å². The van der Waals surface area contributed by atoms with Crippen molar-refractivity contribution >= 4 is 35.5 Å². The molecule has 3 aromatic rings. The Morgan fingerprint density at radius 2 is 1.49 bits per heavy atom. The molecule has 9 N–H and O–H groups in total. The summed E-state index contributed by atoms with van der Waals surface area (Å²) < 4.78 is 0. The van der Waals surface area contributed by atoms with Crippen molar-refractivity contribution in [1.82, 2.24) is 36.1 Å². The van der Waals surface area contributed by atoms with Gasteiger partial charge in [-0.25, -0.2) is 9.78 Å². The molecule has 1 aliphatic rings. The Morgan fingerprint density at radius 1 is 0.842 bits per heavy atom. The summed E-state index contributed by atoms with van der Waals surface area (Å²) in [4.78, 5) is 89.1. The van der Waals surface area contributed by atoms with Gasteiger partial charge in [-0.3, -0.25) is 24.0 Å². The number of aromatic amines is 1. The van der Waals surface area contributed by atoms with E-state index in [9.17, 15) is 39.0 Å². The lowest BCUT2D eigenvalue weighted by Crippen LogP contribution is -2.57. The van der Waals surface area contributed by atoms with Crippen LogP contribution in [0.15, 0.2) is 67.1 Å². The molecule has 1 aromatic heterocycles. The molecule has 0 spiro atoms. The number of carboxylic acids is 1. The molecule has 6 atom stereocenters. The highest BCUT2D eigenvalue weighted by atomic mass is 16.4. The zero-order valence-electron chi connectivity index (χ0n) is 32.9. The van der Waals surface area contributed by atoms with E-state index in [-0.39, 0.29) is 49.9 Å². The van der Waals surface area contributed by atoms with Crippen LogP contribution in [0.3, 0.4) is 0 Å². The molecule has 0 radical (unpaired) electrons. The lowest BCUT2D eigenvalue weighted by atomic mass is 9.95. The Hall–Kier alpha value is -5.77. The summed E-state index contributed by atoms with van der Waals surface area (Å²) >= 11 is 0. The van der Waals surface area contributed by atoms with E-state index in [2.05, 4.69) is 31.2 Å². The number of likely N-dealkylation sites (tertiary alicyclic amines) is 1. The number of phenols is 1. The number of H-pyrrole nitrogens is 1. The number of nitrogens with two attached hydrogens (primary N) is 1.